The SMILES string of the molecule is COc1c(N2CC[C@](N)(CF)C2)c(F)cc2c1N(C1CC1)C=C(C(=O)O)C2. The summed E-state index contributed by atoms with van der Waals surface area (Å²) in [5.41, 5.74) is 6.84. The van der Waals surface area contributed by atoms with E-state index in [-0.39, 0.29) is 30.3 Å². The maximum Gasteiger partial charge on any atom is 0.333 e. The van der Waals surface area contributed by atoms with Gasteiger partial charge in [0.05, 0.1) is 23.9 Å². The molecule has 1 aromatic carbocycles. The van der Waals surface area contributed by atoms with Crippen LogP contribution in [0.25, 0.3) is 0 Å². The van der Waals surface area contributed by atoms with Crippen molar-refractivity contribution >= 4 is 17.3 Å². The second kappa shape index (κ2) is 6.37. The normalized spacial score (nSPS) is 24.7. The Morgan fingerprint density at radius 3 is 2.74 bits per heavy atom. The van der Waals surface area contributed by atoms with Gasteiger partial charge in [-0.15, -0.1) is 0 Å². The van der Waals surface area contributed by atoms with Crippen LogP contribution in [0, 0.1) is 5.82 Å². The summed E-state index contributed by atoms with van der Waals surface area (Å²) in [5.74, 6) is -1.15. The number of hydrogen-bond acceptors (Lipinski definition) is 5. The number of carboxylic acids is 1. The first-order valence-corrected chi connectivity index (χ1v) is 9.08. The molecule has 1 aromatic rings. The molecule has 2 aliphatic heterocycles. The Morgan fingerprint density at radius 2 is 2.19 bits per heavy atom. The van der Waals surface area contributed by atoms with E-state index in [1.807, 2.05) is 4.90 Å². The maximum atomic E-state index is 15.1. The lowest BCUT2D eigenvalue weighted by Gasteiger charge is -2.33. The van der Waals surface area contributed by atoms with E-state index in [4.69, 9.17) is 10.5 Å². The van der Waals surface area contributed by atoms with E-state index >= 15 is 4.39 Å². The Kier molecular flexibility index (Phi) is 4.25. The number of rotatable bonds is 5. The van der Waals surface area contributed by atoms with E-state index in [0.717, 1.165) is 12.8 Å². The van der Waals surface area contributed by atoms with E-state index < -0.39 is 24.0 Å². The van der Waals surface area contributed by atoms with Crippen LogP contribution in [0.2, 0.25) is 0 Å². The van der Waals surface area contributed by atoms with E-state index in [1.165, 1.54) is 13.2 Å². The molecule has 0 amide bonds. The number of fused-ring (bicyclic) bond motifs is 1. The van der Waals surface area contributed by atoms with E-state index in [0.29, 0.717) is 30.0 Å². The molecule has 1 saturated carbocycles. The minimum absolute atomic E-state index is 0.132. The summed E-state index contributed by atoms with van der Waals surface area (Å²) >= 11 is 0. The predicted octanol–water partition coefficient (Wildman–Crippen LogP) is 2.20. The van der Waals surface area contributed by atoms with Crippen LogP contribution in [0.1, 0.15) is 24.8 Å². The van der Waals surface area contributed by atoms with Crippen molar-refractivity contribution in [2.75, 3.05) is 36.7 Å². The van der Waals surface area contributed by atoms with Crippen LogP contribution in [-0.4, -0.2) is 49.5 Å². The average molecular weight is 379 g/mol. The zero-order valence-electron chi connectivity index (χ0n) is 15.2. The molecule has 4 rings (SSSR count). The van der Waals surface area contributed by atoms with Crippen LogP contribution in [0.15, 0.2) is 17.8 Å². The summed E-state index contributed by atoms with van der Waals surface area (Å²) in [7, 11) is 1.47. The number of nitrogens with zero attached hydrogens (tertiary/aromatic N) is 2. The number of carboxylic acid groups (broad SMARTS) is 1. The van der Waals surface area contributed by atoms with Gasteiger partial charge in [0.25, 0.3) is 0 Å². The van der Waals surface area contributed by atoms with Crippen LogP contribution < -0.4 is 20.3 Å². The van der Waals surface area contributed by atoms with E-state index in [9.17, 15) is 14.3 Å². The monoisotopic (exact) mass is 379 g/mol. The highest BCUT2D eigenvalue weighted by atomic mass is 19.1. The molecule has 1 atom stereocenters. The molecular weight excluding hydrogens is 356 g/mol. The summed E-state index contributed by atoms with van der Waals surface area (Å²) < 4.78 is 33.9. The van der Waals surface area contributed by atoms with Crippen LogP contribution in [0.3, 0.4) is 0 Å². The Morgan fingerprint density at radius 1 is 1.44 bits per heavy atom. The Hall–Kier alpha value is -2.35. The highest BCUT2D eigenvalue weighted by Gasteiger charge is 2.40. The minimum atomic E-state index is -1.01. The predicted molar refractivity (Wildman–Crippen MR) is 97.6 cm³/mol. The highest BCUT2D eigenvalue weighted by molar-refractivity contribution is 5.91. The van der Waals surface area contributed by atoms with Crippen molar-refractivity contribution in [2.45, 2.75) is 37.3 Å². The zero-order chi connectivity index (χ0) is 19.3. The summed E-state index contributed by atoms with van der Waals surface area (Å²) in [4.78, 5) is 15.1. The summed E-state index contributed by atoms with van der Waals surface area (Å²) in [6.45, 7) is -0.0291. The van der Waals surface area contributed by atoms with Crippen molar-refractivity contribution in [1.82, 2.24) is 0 Å². The number of halogens is 2. The molecule has 2 heterocycles. The van der Waals surface area contributed by atoms with Crippen molar-refractivity contribution in [3.05, 3.63) is 29.2 Å². The van der Waals surface area contributed by atoms with Gasteiger partial charge in [-0.05, 0) is 30.9 Å². The lowest BCUT2D eigenvalue weighted by atomic mass is 9.97. The number of aliphatic carboxylic acids is 1. The molecule has 1 aliphatic carbocycles. The molecule has 0 spiro atoms. The standard InChI is InChI=1S/C19H23F2N3O3/c1-27-17-15-11(6-12(18(25)26)8-24(15)13-2-3-13)7-14(21)16(17)23-5-4-19(22,9-20)10-23/h7-8,13H,2-6,9-10,22H2,1H3,(H,25,26)/t19-/m0/s1. The molecule has 8 heteroatoms. The van der Waals surface area contributed by atoms with Crippen LogP contribution in [0.5, 0.6) is 5.75 Å². The van der Waals surface area contributed by atoms with Crippen molar-refractivity contribution < 1.29 is 23.4 Å². The lowest BCUT2D eigenvalue weighted by Crippen LogP contribution is -2.45. The Balaban J connectivity index is 1.82. The van der Waals surface area contributed by atoms with Gasteiger partial charge >= 0.3 is 5.97 Å². The third kappa shape index (κ3) is 3.01. The third-order valence-electron chi connectivity index (χ3n) is 5.58. The van der Waals surface area contributed by atoms with Crippen LogP contribution >= 0.6 is 0 Å². The number of methoxy groups -OCH3 is 1. The average Bonchev–Trinajstić information content (AvgIpc) is 3.42. The van der Waals surface area contributed by atoms with Gasteiger partial charge in [0, 0.05) is 31.8 Å². The number of nitrogens with two attached hydrogens (primary N) is 1. The number of anilines is 2. The van der Waals surface area contributed by atoms with Crippen LogP contribution in [-0.2, 0) is 11.2 Å². The molecule has 0 aromatic heterocycles. The topological polar surface area (TPSA) is 79.0 Å². The molecular formula is C19H23F2N3O3. The molecule has 3 aliphatic rings. The first-order valence-electron chi connectivity index (χ1n) is 9.08. The van der Waals surface area contributed by atoms with Crippen molar-refractivity contribution in [3.8, 4) is 5.75 Å². The molecule has 3 N–H and O–H groups in total. The minimum Gasteiger partial charge on any atom is -0.492 e. The largest absolute Gasteiger partial charge is 0.492 e. The number of alkyl halides is 1. The van der Waals surface area contributed by atoms with Gasteiger partial charge in [0.15, 0.2) is 11.6 Å². The van der Waals surface area contributed by atoms with Gasteiger partial charge in [-0.25, -0.2) is 13.6 Å². The van der Waals surface area contributed by atoms with Gasteiger partial charge in [0.1, 0.15) is 12.4 Å². The Labute approximate surface area is 156 Å². The molecule has 146 valence electrons. The fourth-order valence-corrected chi connectivity index (χ4v) is 4.01. The smallest absolute Gasteiger partial charge is 0.333 e. The number of ether oxygens (including phenoxy) is 1. The Bertz CT molecular complexity index is 825. The number of benzene rings is 1. The zero-order valence-corrected chi connectivity index (χ0v) is 15.2. The first-order chi connectivity index (χ1) is 12.9. The first kappa shape index (κ1) is 18.0. The molecule has 1 saturated heterocycles. The maximum absolute atomic E-state index is 15.1. The van der Waals surface area contributed by atoms with Crippen molar-refractivity contribution in [3.63, 3.8) is 0 Å². The molecule has 0 bridgehead atoms. The quantitative estimate of drug-likeness (QED) is 0.817. The molecule has 0 unspecified atom stereocenters. The highest BCUT2D eigenvalue weighted by Crippen LogP contribution is 2.49. The summed E-state index contributed by atoms with van der Waals surface area (Å²) in [5, 5.41) is 9.41. The lowest BCUT2D eigenvalue weighted by molar-refractivity contribution is -0.132. The molecule has 0 radical (unpaired) electrons. The van der Waals surface area contributed by atoms with Gasteiger partial charge in [-0.2, -0.15) is 0 Å². The fraction of sp³-hybridized carbons (Fsp3) is 0.526. The van der Waals surface area contributed by atoms with Crippen molar-refractivity contribution in [2.24, 2.45) is 5.73 Å². The summed E-state index contributed by atoms with van der Waals surface area (Å²) in [6.07, 6.45) is 4.07. The second-order valence-electron chi connectivity index (χ2n) is 7.69. The summed E-state index contributed by atoms with van der Waals surface area (Å²) in [6, 6.07) is 1.56. The third-order valence-corrected chi connectivity index (χ3v) is 5.58. The molecule has 2 fully saturated rings. The van der Waals surface area contributed by atoms with Gasteiger partial charge in [-0.3, -0.25) is 0 Å². The van der Waals surface area contributed by atoms with Gasteiger partial charge < -0.3 is 25.4 Å². The van der Waals surface area contributed by atoms with Crippen molar-refractivity contribution in [1.29, 1.82) is 0 Å². The second-order valence-corrected chi connectivity index (χ2v) is 7.69. The van der Waals surface area contributed by atoms with Crippen LogP contribution in [0.4, 0.5) is 20.2 Å². The van der Waals surface area contributed by atoms with E-state index in [2.05, 4.69) is 0 Å². The van der Waals surface area contributed by atoms with E-state index in [1.54, 1.807) is 11.1 Å². The fourth-order valence-electron chi connectivity index (χ4n) is 4.01. The van der Waals surface area contributed by atoms with Gasteiger partial charge in [-0.1, -0.05) is 0 Å². The number of hydrogen-bond donors (Lipinski definition) is 2. The molecule has 6 nitrogen and oxygen atoms in total. The molecule has 27 heavy (non-hydrogen) atoms. The van der Waals surface area contributed by atoms with Gasteiger partial charge in [0.2, 0.25) is 0 Å². The number of carbonyl (C=O) groups is 1.